The van der Waals surface area contributed by atoms with Crippen molar-refractivity contribution in [2.45, 2.75) is 71.3 Å². The number of halogens is 1. The smallest absolute Gasteiger partial charge is 0.342 e. The number of hydrogen-bond acceptors (Lipinski definition) is 7. The standard InChI is InChI=1S/C28H37ClN2O6/c1-3-9-21-13-8-11-19(2)10-7-12-20(30-36-18-25(34)31-14-5-4-6-15-31)16-22-26(28(35)37-21)23(32)17-24(33)27(22)29/h7-8,11-12,17,19,21,32-33H,3-6,9-10,13-16,18H2,1-2H3/b11-8+,12-7+,30-20+. The summed E-state index contributed by atoms with van der Waals surface area (Å²) in [7, 11) is 0. The van der Waals surface area contributed by atoms with Gasteiger partial charge in [-0.15, -0.1) is 0 Å². The third-order valence-corrected chi connectivity index (χ3v) is 6.95. The van der Waals surface area contributed by atoms with E-state index in [0.717, 1.165) is 38.2 Å². The van der Waals surface area contributed by atoms with Gasteiger partial charge in [-0.05, 0) is 49.7 Å². The minimum absolute atomic E-state index is 0.0255. The number of nitrogens with zero attached hydrogens (tertiary/aromatic N) is 2. The Hall–Kier alpha value is -3.00. The van der Waals surface area contributed by atoms with E-state index in [0.29, 0.717) is 31.6 Å². The maximum atomic E-state index is 13.2. The van der Waals surface area contributed by atoms with Crippen LogP contribution in [-0.2, 0) is 20.8 Å². The van der Waals surface area contributed by atoms with Crippen LogP contribution in [0, 0.1) is 5.92 Å². The zero-order valence-electron chi connectivity index (χ0n) is 21.6. The van der Waals surface area contributed by atoms with Gasteiger partial charge in [0.2, 0.25) is 0 Å². The number of piperidine rings is 1. The average Bonchev–Trinajstić information content (AvgIpc) is 2.87. The molecule has 1 amide bonds. The second-order valence-electron chi connectivity index (χ2n) is 9.65. The Labute approximate surface area is 223 Å². The predicted octanol–water partition coefficient (Wildman–Crippen LogP) is 5.55. The molecule has 1 aromatic carbocycles. The summed E-state index contributed by atoms with van der Waals surface area (Å²) in [6, 6.07) is 1.03. The van der Waals surface area contributed by atoms with Crippen molar-refractivity contribution in [3.05, 3.63) is 46.5 Å². The maximum Gasteiger partial charge on any atom is 0.342 e. The van der Waals surface area contributed by atoms with E-state index in [1.165, 1.54) is 0 Å². The quantitative estimate of drug-likeness (QED) is 0.292. The van der Waals surface area contributed by atoms with Crippen molar-refractivity contribution in [2.24, 2.45) is 11.1 Å². The first-order valence-corrected chi connectivity index (χ1v) is 13.4. The summed E-state index contributed by atoms with van der Waals surface area (Å²) in [4.78, 5) is 32.9. The molecule has 3 rings (SSSR count). The van der Waals surface area contributed by atoms with E-state index in [4.69, 9.17) is 21.2 Å². The van der Waals surface area contributed by atoms with E-state index in [1.54, 1.807) is 11.0 Å². The number of ether oxygens (including phenoxy) is 1. The summed E-state index contributed by atoms with van der Waals surface area (Å²) in [5.74, 6) is -1.41. The fourth-order valence-electron chi connectivity index (χ4n) is 4.50. The lowest BCUT2D eigenvalue weighted by Crippen LogP contribution is -2.37. The molecule has 0 bridgehead atoms. The molecule has 202 valence electrons. The van der Waals surface area contributed by atoms with Gasteiger partial charge < -0.3 is 24.7 Å². The molecule has 9 heteroatoms. The summed E-state index contributed by atoms with van der Waals surface area (Å²) < 4.78 is 5.76. The maximum absolute atomic E-state index is 13.2. The van der Waals surface area contributed by atoms with Gasteiger partial charge >= 0.3 is 5.97 Å². The minimum Gasteiger partial charge on any atom is -0.507 e. The van der Waals surface area contributed by atoms with Gasteiger partial charge in [-0.2, -0.15) is 0 Å². The lowest BCUT2D eigenvalue weighted by atomic mass is 9.98. The molecule has 2 aliphatic heterocycles. The molecule has 37 heavy (non-hydrogen) atoms. The number of aromatic hydroxyl groups is 2. The molecule has 1 aromatic rings. The SMILES string of the molecule is CCCC1C/C=C/C(C)C/C=C/C(=N\OCC(=O)N2CCCCC2)Cc2c(Cl)c(O)cc(O)c2C(=O)O1. The highest BCUT2D eigenvalue weighted by Crippen LogP contribution is 2.37. The number of hydrogen-bond donors (Lipinski definition) is 2. The molecule has 0 saturated carbocycles. The lowest BCUT2D eigenvalue weighted by molar-refractivity contribution is -0.137. The Morgan fingerprint density at radius 3 is 2.68 bits per heavy atom. The Bertz CT molecular complexity index is 1050. The van der Waals surface area contributed by atoms with Crippen LogP contribution in [0.3, 0.4) is 0 Å². The topological polar surface area (TPSA) is 109 Å². The van der Waals surface area contributed by atoms with Gasteiger partial charge in [0.1, 0.15) is 23.2 Å². The molecular formula is C28H37ClN2O6. The molecule has 0 radical (unpaired) electrons. The fraction of sp³-hybridized carbons (Fsp3) is 0.536. The number of fused-ring (bicyclic) bond motifs is 1. The van der Waals surface area contributed by atoms with Crippen LogP contribution in [0.5, 0.6) is 11.5 Å². The molecule has 2 heterocycles. The summed E-state index contributed by atoms with van der Waals surface area (Å²) in [6.07, 6.45) is 13.2. The first kappa shape index (κ1) is 28.6. The van der Waals surface area contributed by atoms with Gasteiger partial charge in [0.05, 0.1) is 10.7 Å². The van der Waals surface area contributed by atoms with Gasteiger partial charge in [0.15, 0.2) is 6.61 Å². The Kier molecular flexibility index (Phi) is 10.9. The second-order valence-corrected chi connectivity index (χ2v) is 10.0. The van der Waals surface area contributed by atoms with Crippen molar-refractivity contribution in [1.82, 2.24) is 4.90 Å². The highest BCUT2D eigenvalue weighted by Gasteiger charge is 2.26. The summed E-state index contributed by atoms with van der Waals surface area (Å²) in [5.41, 5.74) is 0.434. The lowest BCUT2D eigenvalue weighted by Gasteiger charge is -2.26. The van der Waals surface area contributed by atoms with E-state index in [-0.39, 0.29) is 52.9 Å². The molecule has 2 N–H and O–H groups in total. The first-order chi connectivity index (χ1) is 17.8. The van der Waals surface area contributed by atoms with Crippen molar-refractivity contribution in [3.8, 4) is 11.5 Å². The number of benzene rings is 1. The van der Waals surface area contributed by atoms with Gasteiger partial charge in [-0.25, -0.2) is 4.79 Å². The number of carbonyl (C=O) groups excluding carboxylic acids is 2. The molecule has 0 aromatic heterocycles. The third kappa shape index (κ3) is 8.25. The van der Waals surface area contributed by atoms with Crippen LogP contribution in [-0.4, -0.2) is 58.5 Å². The molecule has 2 unspecified atom stereocenters. The van der Waals surface area contributed by atoms with Crippen LogP contribution in [0.2, 0.25) is 5.02 Å². The van der Waals surface area contributed by atoms with Gasteiger partial charge in [0.25, 0.3) is 5.91 Å². The van der Waals surface area contributed by atoms with Crippen molar-refractivity contribution in [1.29, 1.82) is 0 Å². The van der Waals surface area contributed by atoms with E-state index < -0.39 is 11.7 Å². The van der Waals surface area contributed by atoms with Crippen molar-refractivity contribution >= 4 is 29.2 Å². The predicted molar refractivity (Wildman–Crippen MR) is 143 cm³/mol. The number of phenolic OH excluding ortho intramolecular Hbond substituents is 2. The number of allylic oxidation sites excluding steroid dienone is 3. The normalized spacial score (nSPS) is 24.0. The highest BCUT2D eigenvalue weighted by atomic mass is 35.5. The monoisotopic (exact) mass is 532 g/mol. The molecule has 2 aliphatic rings. The van der Waals surface area contributed by atoms with Crippen LogP contribution < -0.4 is 0 Å². The number of rotatable bonds is 5. The summed E-state index contributed by atoms with van der Waals surface area (Å²) in [6.45, 7) is 5.32. The number of esters is 1. The number of oxime groups is 1. The molecular weight excluding hydrogens is 496 g/mol. The highest BCUT2D eigenvalue weighted by molar-refractivity contribution is 6.33. The van der Waals surface area contributed by atoms with Crippen LogP contribution in [0.15, 0.2) is 35.5 Å². The molecule has 1 saturated heterocycles. The van der Waals surface area contributed by atoms with E-state index >= 15 is 0 Å². The van der Waals surface area contributed by atoms with Gasteiger partial charge in [-0.3, -0.25) is 4.79 Å². The molecule has 2 atom stereocenters. The Balaban J connectivity index is 1.93. The largest absolute Gasteiger partial charge is 0.507 e. The van der Waals surface area contributed by atoms with E-state index in [2.05, 4.69) is 18.2 Å². The zero-order chi connectivity index (χ0) is 26.8. The average molecular weight is 533 g/mol. The fourth-order valence-corrected chi connectivity index (χ4v) is 4.72. The number of phenols is 2. The van der Waals surface area contributed by atoms with Crippen LogP contribution >= 0.6 is 11.6 Å². The van der Waals surface area contributed by atoms with Crippen molar-refractivity contribution < 1.29 is 29.4 Å². The number of carbonyl (C=O) groups is 2. The number of cyclic esters (lactones) is 1. The third-order valence-electron chi connectivity index (χ3n) is 6.53. The van der Waals surface area contributed by atoms with Crippen LogP contribution in [0.1, 0.15) is 74.7 Å². The molecule has 0 aliphatic carbocycles. The summed E-state index contributed by atoms with van der Waals surface area (Å²) in [5, 5.41) is 25.0. The Morgan fingerprint density at radius 1 is 1.19 bits per heavy atom. The van der Waals surface area contributed by atoms with Crippen molar-refractivity contribution in [2.75, 3.05) is 19.7 Å². The van der Waals surface area contributed by atoms with E-state index in [1.807, 2.05) is 19.1 Å². The molecule has 8 nitrogen and oxygen atoms in total. The second kappa shape index (κ2) is 14.1. The molecule has 0 spiro atoms. The van der Waals surface area contributed by atoms with E-state index in [9.17, 15) is 19.8 Å². The zero-order valence-corrected chi connectivity index (χ0v) is 22.4. The van der Waals surface area contributed by atoms with Crippen molar-refractivity contribution in [3.63, 3.8) is 0 Å². The first-order valence-electron chi connectivity index (χ1n) is 13.0. The number of likely N-dealkylation sites (tertiary alicyclic amines) is 1. The van der Waals surface area contributed by atoms with Gasteiger partial charge in [-0.1, -0.05) is 55.3 Å². The van der Waals surface area contributed by atoms with Crippen LogP contribution in [0.25, 0.3) is 0 Å². The Morgan fingerprint density at radius 2 is 1.95 bits per heavy atom. The van der Waals surface area contributed by atoms with Gasteiger partial charge in [0, 0.05) is 32.0 Å². The minimum atomic E-state index is -0.726. The summed E-state index contributed by atoms with van der Waals surface area (Å²) >= 11 is 6.41. The number of amides is 1. The van der Waals surface area contributed by atoms with Crippen LogP contribution in [0.4, 0.5) is 0 Å². The molecule has 1 fully saturated rings.